The Hall–Kier alpha value is -7.43. The van der Waals surface area contributed by atoms with E-state index in [2.05, 4.69) is 140 Å². The summed E-state index contributed by atoms with van der Waals surface area (Å²) >= 11 is 0. The number of hydrogen-bond donors (Lipinski definition) is 0. The minimum Gasteiger partial charge on any atom is -0.456 e. The normalized spacial score (nSPS) is 11.6. The van der Waals surface area contributed by atoms with Gasteiger partial charge in [0.1, 0.15) is 11.2 Å². The van der Waals surface area contributed by atoms with Crippen LogP contribution < -0.4 is 0 Å². The van der Waals surface area contributed by atoms with E-state index in [1.54, 1.807) is 0 Å². The van der Waals surface area contributed by atoms with Gasteiger partial charge in [-0.05, 0) is 78.8 Å². The highest BCUT2D eigenvalue weighted by Crippen LogP contribution is 2.42. The number of rotatable bonds is 5. The van der Waals surface area contributed by atoms with Crippen LogP contribution in [0.5, 0.6) is 0 Å². The predicted molar refractivity (Wildman–Crippen MR) is 227 cm³/mol. The molecule has 256 valence electrons. The van der Waals surface area contributed by atoms with Crippen LogP contribution in [0.1, 0.15) is 0 Å². The van der Waals surface area contributed by atoms with Crippen LogP contribution in [-0.2, 0) is 0 Å². The van der Waals surface area contributed by atoms with Gasteiger partial charge in [-0.15, -0.1) is 0 Å². The van der Waals surface area contributed by atoms with E-state index >= 15 is 0 Å². The van der Waals surface area contributed by atoms with Crippen molar-refractivity contribution in [3.05, 3.63) is 188 Å². The molecule has 0 amide bonds. The summed E-state index contributed by atoms with van der Waals surface area (Å²) in [6.45, 7) is 0. The van der Waals surface area contributed by atoms with Crippen molar-refractivity contribution in [3.63, 3.8) is 0 Å². The fourth-order valence-corrected chi connectivity index (χ4v) is 8.07. The van der Waals surface area contributed by atoms with Crippen molar-refractivity contribution in [3.8, 4) is 56.4 Å². The van der Waals surface area contributed by atoms with Gasteiger partial charge in [-0.1, -0.05) is 164 Å². The monoisotopic (exact) mass is 701 g/mol. The van der Waals surface area contributed by atoms with Gasteiger partial charge >= 0.3 is 0 Å². The average molecular weight is 702 g/mol. The minimum absolute atomic E-state index is 0.630. The third-order valence-electron chi connectivity index (χ3n) is 10.7. The zero-order chi connectivity index (χ0) is 36.3. The van der Waals surface area contributed by atoms with E-state index in [1.807, 2.05) is 48.5 Å². The van der Waals surface area contributed by atoms with Crippen LogP contribution in [-0.4, -0.2) is 15.0 Å². The largest absolute Gasteiger partial charge is 0.456 e. The van der Waals surface area contributed by atoms with Gasteiger partial charge < -0.3 is 4.42 Å². The van der Waals surface area contributed by atoms with Crippen molar-refractivity contribution in [1.29, 1.82) is 0 Å². The van der Waals surface area contributed by atoms with E-state index in [1.165, 1.54) is 32.5 Å². The van der Waals surface area contributed by atoms with Crippen LogP contribution in [0.3, 0.4) is 0 Å². The number of nitrogens with zero attached hydrogens (tertiary/aromatic N) is 3. The molecule has 2 aromatic heterocycles. The Morgan fingerprint density at radius 2 is 0.745 bits per heavy atom. The maximum atomic E-state index is 6.34. The molecule has 0 aliphatic rings. The number of furan rings is 1. The van der Waals surface area contributed by atoms with Crippen LogP contribution in [0.4, 0.5) is 0 Å². The van der Waals surface area contributed by atoms with Gasteiger partial charge in [0.05, 0.1) is 0 Å². The van der Waals surface area contributed by atoms with Crippen LogP contribution >= 0.6 is 0 Å². The summed E-state index contributed by atoms with van der Waals surface area (Å²) in [5.41, 5.74) is 9.19. The molecule has 2 heterocycles. The first-order valence-corrected chi connectivity index (χ1v) is 18.5. The van der Waals surface area contributed by atoms with Gasteiger partial charge in [0, 0.05) is 27.5 Å². The summed E-state index contributed by atoms with van der Waals surface area (Å²) in [5.74, 6) is 1.90. The molecule has 4 nitrogen and oxygen atoms in total. The Balaban J connectivity index is 1.11. The number of benzene rings is 9. The molecule has 0 saturated carbocycles. The van der Waals surface area contributed by atoms with Crippen molar-refractivity contribution in [2.75, 3.05) is 0 Å². The first-order chi connectivity index (χ1) is 27.2. The lowest BCUT2D eigenvalue weighted by Gasteiger charge is -2.15. The Labute approximate surface area is 317 Å². The minimum atomic E-state index is 0.630. The smallest absolute Gasteiger partial charge is 0.164 e. The second kappa shape index (κ2) is 12.6. The molecule has 0 fully saturated rings. The Morgan fingerprint density at radius 1 is 0.273 bits per heavy atom. The maximum absolute atomic E-state index is 6.34. The van der Waals surface area contributed by atoms with Crippen LogP contribution in [0.25, 0.3) is 111 Å². The van der Waals surface area contributed by atoms with Gasteiger partial charge in [0.15, 0.2) is 17.5 Å². The summed E-state index contributed by atoms with van der Waals surface area (Å²) in [7, 11) is 0. The van der Waals surface area contributed by atoms with Crippen molar-refractivity contribution >= 4 is 54.3 Å². The van der Waals surface area contributed by atoms with Crippen molar-refractivity contribution in [2.45, 2.75) is 0 Å². The van der Waals surface area contributed by atoms with Gasteiger partial charge in [0.2, 0.25) is 0 Å². The Bertz CT molecular complexity index is 3240. The number of para-hydroxylation sites is 1. The molecule has 11 aromatic rings. The zero-order valence-corrected chi connectivity index (χ0v) is 29.6. The molecule has 0 aliphatic heterocycles. The van der Waals surface area contributed by atoms with Crippen LogP contribution in [0, 0.1) is 0 Å². The van der Waals surface area contributed by atoms with Gasteiger partial charge in [-0.25, -0.2) is 15.0 Å². The molecule has 0 atom stereocenters. The number of hydrogen-bond acceptors (Lipinski definition) is 4. The van der Waals surface area contributed by atoms with Crippen molar-refractivity contribution < 1.29 is 4.42 Å². The molecular weight excluding hydrogens is 671 g/mol. The third kappa shape index (κ3) is 5.26. The zero-order valence-electron chi connectivity index (χ0n) is 29.6. The highest BCUT2D eigenvalue weighted by molar-refractivity contribution is 6.29. The maximum Gasteiger partial charge on any atom is 0.164 e. The van der Waals surface area contributed by atoms with Gasteiger partial charge in [0.25, 0.3) is 0 Å². The van der Waals surface area contributed by atoms with E-state index < -0.39 is 0 Å². The molecule has 0 spiro atoms. The molecule has 11 rings (SSSR count). The fourth-order valence-electron chi connectivity index (χ4n) is 8.07. The Morgan fingerprint density at radius 3 is 1.49 bits per heavy atom. The molecule has 0 unspecified atom stereocenters. The SMILES string of the molecule is c1ccc(-c2ccc(-c3nc(-c4ccccc4)nc(-c4ccc5c(c4)c4ccccc4c4cccc(-c6ccc7c(c6)oc6ccccc67)c45)n3)cc2)cc1. The molecule has 9 aromatic carbocycles. The lowest BCUT2D eigenvalue weighted by Crippen LogP contribution is -2.00. The predicted octanol–water partition coefficient (Wildman–Crippen LogP) is 13.6. The van der Waals surface area contributed by atoms with E-state index in [-0.39, 0.29) is 0 Å². The first-order valence-electron chi connectivity index (χ1n) is 18.5. The topological polar surface area (TPSA) is 51.8 Å². The molecule has 4 heteroatoms. The molecule has 0 saturated heterocycles. The number of aromatic nitrogens is 3. The summed E-state index contributed by atoms with van der Waals surface area (Å²) in [6.07, 6.45) is 0. The highest BCUT2D eigenvalue weighted by Gasteiger charge is 2.18. The second-order valence-electron chi connectivity index (χ2n) is 14.0. The molecule has 55 heavy (non-hydrogen) atoms. The molecule has 0 N–H and O–H groups in total. The summed E-state index contributed by atoms with van der Waals surface area (Å²) in [4.78, 5) is 15.2. The van der Waals surface area contributed by atoms with Crippen molar-refractivity contribution in [1.82, 2.24) is 15.0 Å². The van der Waals surface area contributed by atoms with E-state index in [4.69, 9.17) is 19.4 Å². The summed E-state index contributed by atoms with van der Waals surface area (Å²) in [5, 5.41) is 9.38. The van der Waals surface area contributed by atoms with E-state index in [0.717, 1.165) is 60.7 Å². The summed E-state index contributed by atoms with van der Waals surface area (Å²) < 4.78 is 6.34. The van der Waals surface area contributed by atoms with Crippen LogP contribution in [0.2, 0.25) is 0 Å². The van der Waals surface area contributed by atoms with Crippen LogP contribution in [0.15, 0.2) is 192 Å². The molecule has 0 aliphatic carbocycles. The van der Waals surface area contributed by atoms with E-state index in [9.17, 15) is 0 Å². The van der Waals surface area contributed by atoms with Gasteiger partial charge in [-0.3, -0.25) is 0 Å². The quantitative estimate of drug-likeness (QED) is 0.168. The standard InChI is InChI=1S/C51H31N3O/c1-3-12-32(13-4-1)33-22-24-35(25-23-33)50-52-49(34-14-5-2-6-15-34)53-51(54-50)37-27-29-44-45(30-37)40-17-8-7-16-39(40)43-20-11-19-38(48(43)44)36-26-28-42-41-18-9-10-21-46(41)55-47(42)31-36/h1-31H. The first kappa shape index (κ1) is 31.1. The fraction of sp³-hybridized carbons (Fsp3) is 0. The lowest BCUT2D eigenvalue weighted by atomic mass is 9.88. The van der Waals surface area contributed by atoms with E-state index in [0.29, 0.717) is 17.5 Å². The lowest BCUT2D eigenvalue weighted by molar-refractivity contribution is 0.669. The Kier molecular flexibility index (Phi) is 7.14. The van der Waals surface area contributed by atoms with Crippen molar-refractivity contribution in [2.24, 2.45) is 0 Å². The average Bonchev–Trinajstić information content (AvgIpc) is 3.64. The molecule has 0 radical (unpaired) electrons. The third-order valence-corrected chi connectivity index (χ3v) is 10.7. The summed E-state index contributed by atoms with van der Waals surface area (Å²) in [6, 6.07) is 65.8. The number of fused-ring (bicyclic) bond motifs is 9. The molecule has 0 bridgehead atoms. The van der Waals surface area contributed by atoms with Gasteiger partial charge in [-0.2, -0.15) is 0 Å². The second-order valence-corrected chi connectivity index (χ2v) is 14.0. The molecular formula is C51H31N3O. The highest BCUT2D eigenvalue weighted by atomic mass is 16.3.